The Labute approximate surface area is 123 Å². The van der Waals surface area contributed by atoms with Crippen molar-refractivity contribution in [3.63, 3.8) is 0 Å². The van der Waals surface area contributed by atoms with E-state index in [0.717, 1.165) is 37.7 Å². The largest absolute Gasteiger partial charge is 0.466 e. The molecule has 1 aliphatic carbocycles. The fraction of sp³-hybridized carbons (Fsp3) is 0.375. The van der Waals surface area contributed by atoms with E-state index in [1.165, 1.54) is 0 Å². The number of amides is 1. The second-order valence-corrected chi connectivity index (χ2v) is 5.49. The van der Waals surface area contributed by atoms with Crippen LogP contribution < -0.4 is 5.73 Å². The minimum atomic E-state index is -0.610. The van der Waals surface area contributed by atoms with Crippen molar-refractivity contribution in [1.82, 2.24) is 0 Å². The number of carbonyl (C=O) groups excluding carboxylic acids is 1. The van der Waals surface area contributed by atoms with Crippen molar-refractivity contribution in [2.75, 3.05) is 0 Å². The Kier molecular flexibility index (Phi) is 3.41. The van der Waals surface area contributed by atoms with Crippen molar-refractivity contribution in [2.45, 2.75) is 37.7 Å². The number of carbonyl (C=O) groups is 1. The van der Waals surface area contributed by atoms with Gasteiger partial charge in [-0.2, -0.15) is 0 Å². The van der Waals surface area contributed by atoms with Gasteiger partial charge in [0.25, 0.3) is 5.91 Å². The minimum Gasteiger partial charge on any atom is -0.466 e. The number of furan rings is 1. The Morgan fingerprint density at radius 3 is 2.67 bits per heavy atom. The molecule has 2 aliphatic rings. The number of nitrogens with two attached hydrogens (primary N) is 1. The third-order valence-electron chi connectivity index (χ3n) is 4.15. The third kappa shape index (κ3) is 2.39. The molecule has 1 aromatic rings. The molecule has 1 spiro atoms. The van der Waals surface area contributed by atoms with Gasteiger partial charge >= 0.3 is 0 Å². The average molecular weight is 286 g/mol. The predicted molar refractivity (Wildman–Crippen MR) is 78.6 cm³/mol. The van der Waals surface area contributed by atoms with Crippen LogP contribution in [0, 0.1) is 5.41 Å². The van der Waals surface area contributed by atoms with Gasteiger partial charge in [0.15, 0.2) is 0 Å². The molecule has 1 aromatic heterocycles. The van der Waals surface area contributed by atoms with Gasteiger partial charge in [-0.1, -0.05) is 12.5 Å². The molecule has 0 saturated heterocycles. The smallest absolute Gasteiger partial charge is 0.254 e. The number of rotatable bonds is 3. The molecule has 0 atom stereocenters. The number of hydrogen-bond acceptors (Lipinski definition) is 4. The molecular formula is C16H18N2O3. The Morgan fingerprint density at radius 2 is 2.05 bits per heavy atom. The molecule has 1 aliphatic heterocycles. The molecule has 0 bridgehead atoms. The zero-order valence-corrected chi connectivity index (χ0v) is 11.7. The summed E-state index contributed by atoms with van der Waals surface area (Å²) >= 11 is 0. The summed E-state index contributed by atoms with van der Waals surface area (Å²) in [6, 6.07) is 3.63. The van der Waals surface area contributed by atoms with Crippen LogP contribution in [-0.4, -0.2) is 17.4 Å². The highest BCUT2D eigenvalue weighted by Gasteiger charge is 2.46. The first-order chi connectivity index (χ1) is 10.1. The lowest BCUT2D eigenvalue weighted by Crippen LogP contribution is -2.33. The Morgan fingerprint density at radius 1 is 1.29 bits per heavy atom. The minimum absolute atomic E-state index is 0.108. The monoisotopic (exact) mass is 286 g/mol. The molecule has 0 aromatic carbocycles. The van der Waals surface area contributed by atoms with Gasteiger partial charge in [0.1, 0.15) is 16.9 Å². The van der Waals surface area contributed by atoms with Crippen LogP contribution in [-0.2, 0) is 9.53 Å². The molecule has 5 nitrogen and oxygen atoms in total. The molecule has 2 heterocycles. The molecule has 3 rings (SSSR count). The first-order valence-electron chi connectivity index (χ1n) is 7.16. The first kappa shape index (κ1) is 13.7. The lowest BCUT2D eigenvalue weighted by atomic mass is 9.78. The number of ether oxygens (including phenoxy) is 1. The van der Waals surface area contributed by atoms with Crippen LogP contribution in [0.2, 0.25) is 0 Å². The van der Waals surface area contributed by atoms with Crippen molar-refractivity contribution >= 4 is 17.9 Å². The van der Waals surface area contributed by atoms with Gasteiger partial charge in [-0.15, -0.1) is 0 Å². The SMILES string of the molecule is N=C1OC2(CCCCC2)C(/C=C/c2ccco2)=C1C(N)=O. The van der Waals surface area contributed by atoms with Crippen LogP contribution in [0.5, 0.6) is 0 Å². The van der Waals surface area contributed by atoms with E-state index in [9.17, 15) is 4.79 Å². The van der Waals surface area contributed by atoms with E-state index >= 15 is 0 Å². The number of nitrogens with one attached hydrogen (secondary N) is 1. The van der Waals surface area contributed by atoms with Crippen molar-refractivity contribution < 1.29 is 13.9 Å². The van der Waals surface area contributed by atoms with E-state index < -0.39 is 11.5 Å². The van der Waals surface area contributed by atoms with Gasteiger partial charge in [0, 0.05) is 5.57 Å². The molecule has 1 saturated carbocycles. The quantitative estimate of drug-likeness (QED) is 0.895. The molecule has 21 heavy (non-hydrogen) atoms. The molecular weight excluding hydrogens is 268 g/mol. The maximum Gasteiger partial charge on any atom is 0.254 e. The van der Waals surface area contributed by atoms with Crippen LogP contribution in [0.4, 0.5) is 0 Å². The van der Waals surface area contributed by atoms with Gasteiger partial charge in [-0.05, 0) is 43.9 Å². The van der Waals surface area contributed by atoms with Crippen molar-refractivity contribution in [3.8, 4) is 0 Å². The summed E-state index contributed by atoms with van der Waals surface area (Å²) in [5.41, 5.74) is 5.79. The summed E-state index contributed by atoms with van der Waals surface area (Å²) < 4.78 is 11.0. The van der Waals surface area contributed by atoms with Crippen LogP contribution >= 0.6 is 0 Å². The highest BCUT2D eigenvalue weighted by atomic mass is 16.5. The zero-order chi connectivity index (χ0) is 14.9. The van der Waals surface area contributed by atoms with Crippen molar-refractivity contribution in [1.29, 1.82) is 5.41 Å². The van der Waals surface area contributed by atoms with Gasteiger partial charge in [0.2, 0.25) is 5.90 Å². The summed E-state index contributed by atoms with van der Waals surface area (Å²) in [7, 11) is 0. The highest BCUT2D eigenvalue weighted by Crippen LogP contribution is 2.44. The van der Waals surface area contributed by atoms with E-state index in [2.05, 4.69) is 0 Å². The van der Waals surface area contributed by atoms with E-state index in [1.807, 2.05) is 12.1 Å². The van der Waals surface area contributed by atoms with E-state index in [4.69, 9.17) is 20.3 Å². The highest BCUT2D eigenvalue weighted by molar-refractivity contribution is 6.19. The first-order valence-corrected chi connectivity index (χ1v) is 7.16. The van der Waals surface area contributed by atoms with Gasteiger partial charge in [-0.3, -0.25) is 10.2 Å². The molecule has 5 heteroatoms. The Bertz CT molecular complexity index is 620. The summed E-state index contributed by atoms with van der Waals surface area (Å²) in [6.07, 6.45) is 10.0. The van der Waals surface area contributed by atoms with Crippen molar-refractivity contribution in [3.05, 3.63) is 41.4 Å². The predicted octanol–water partition coefficient (Wildman–Crippen LogP) is 2.79. The summed E-state index contributed by atoms with van der Waals surface area (Å²) in [6.45, 7) is 0. The van der Waals surface area contributed by atoms with Gasteiger partial charge in [0.05, 0.1) is 6.26 Å². The topological polar surface area (TPSA) is 89.3 Å². The maximum atomic E-state index is 11.7. The van der Waals surface area contributed by atoms with Crippen LogP contribution in [0.25, 0.3) is 6.08 Å². The Balaban J connectivity index is 2.03. The summed E-state index contributed by atoms with van der Waals surface area (Å²) in [5.74, 6) is -0.0271. The molecule has 1 fully saturated rings. The van der Waals surface area contributed by atoms with Crippen LogP contribution in [0.1, 0.15) is 37.9 Å². The normalized spacial score (nSPS) is 21.2. The second kappa shape index (κ2) is 5.24. The van der Waals surface area contributed by atoms with E-state index in [-0.39, 0.29) is 11.5 Å². The fourth-order valence-corrected chi connectivity index (χ4v) is 3.18. The molecule has 110 valence electrons. The lowest BCUT2D eigenvalue weighted by molar-refractivity contribution is -0.114. The number of hydrogen-bond donors (Lipinski definition) is 2. The van der Waals surface area contributed by atoms with Crippen LogP contribution in [0.3, 0.4) is 0 Å². The molecule has 0 unspecified atom stereocenters. The van der Waals surface area contributed by atoms with Gasteiger partial charge < -0.3 is 14.9 Å². The van der Waals surface area contributed by atoms with E-state index in [0.29, 0.717) is 5.76 Å². The van der Waals surface area contributed by atoms with E-state index in [1.54, 1.807) is 18.4 Å². The molecule has 1 amide bonds. The maximum absolute atomic E-state index is 11.7. The lowest BCUT2D eigenvalue weighted by Gasteiger charge is -2.34. The number of primary amides is 1. The summed E-state index contributed by atoms with van der Waals surface area (Å²) in [4.78, 5) is 11.7. The fourth-order valence-electron chi connectivity index (χ4n) is 3.18. The second-order valence-electron chi connectivity index (χ2n) is 5.49. The Hall–Kier alpha value is -2.30. The third-order valence-corrected chi connectivity index (χ3v) is 4.15. The van der Waals surface area contributed by atoms with Crippen molar-refractivity contribution in [2.24, 2.45) is 5.73 Å². The summed E-state index contributed by atoms with van der Waals surface area (Å²) in [5, 5.41) is 7.94. The van der Waals surface area contributed by atoms with Gasteiger partial charge in [-0.25, -0.2) is 0 Å². The molecule has 3 N–H and O–H groups in total. The molecule has 0 radical (unpaired) electrons. The zero-order valence-electron chi connectivity index (χ0n) is 11.7. The van der Waals surface area contributed by atoms with Crippen LogP contribution in [0.15, 0.2) is 40.0 Å². The standard InChI is InChI=1S/C16H18N2O3/c17-14(19)13-12(7-6-11-5-4-10-20-11)16(21-15(13)18)8-2-1-3-9-16/h4-7,10,18H,1-3,8-9H2,(H2,17,19)/b7-6+,18-15?. The average Bonchev–Trinajstić information content (AvgIpc) is 3.04.